The van der Waals surface area contributed by atoms with E-state index in [2.05, 4.69) is 15.5 Å². The van der Waals surface area contributed by atoms with Gasteiger partial charge in [0, 0.05) is 11.4 Å². The van der Waals surface area contributed by atoms with Gasteiger partial charge < -0.3 is 10.1 Å². The minimum Gasteiger partial charge on any atom is -0.489 e. The number of thioether (sulfide) groups is 1. The van der Waals surface area contributed by atoms with Crippen LogP contribution in [0.2, 0.25) is 0 Å². The number of hydrogen-bond donors (Lipinski definition) is 1. The Bertz CT molecular complexity index is 1520. The SMILES string of the molecule is Cc1ccc(-n2c(SCC(=O)Nc3ccc(OCc4ccccc4)cc3)nnc2-c2ccccc2F)cc1. The fraction of sp³-hybridized carbons (Fsp3) is 0.100. The summed E-state index contributed by atoms with van der Waals surface area (Å²) in [4.78, 5) is 12.7. The molecular formula is C30H25FN4O2S. The molecule has 190 valence electrons. The van der Waals surface area contributed by atoms with Crippen LogP contribution in [-0.4, -0.2) is 26.4 Å². The van der Waals surface area contributed by atoms with E-state index in [1.807, 2.05) is 73.7 Å². The molecule has 5 aromatic rings. The van der Waals surface area contributed by atoms with E-state index in [4.69, 9.17) is 4.74 Å². The Kier molecular flexibility index (Phi) is 7.80. The van der Waals surface area contributed by atoms with Gasteiger partial charge in [0.2, 0.25) is 5.91 Å². The lowest BCUT2D eigenvalue weighted by atomic mass is 10.2. The first-order valence-corrected chi connectivity index (χ1v) is 13.0. The number of aryl methyl sites for hydroxylation is 1. The van der Waals surface area contributed by atoms with Crippen molar-refractivity contribution in [3.8, 4) is 22.8 Å². The van der Waals surface area contributed by atoms with Crippen molar-refractivity contribution < 1.29 is 13.9 Å². The Balaban J connectivity index is 1.26. The van der Waals surface area contributed by atoms with Crippen molar-refractivity contribution in [2.45, 2.75) is 18.7 Å². The molecule has 0 unspecified atom stereocenters. The van der Waals surface area contributed by atoms with Gasteiger partial charge in [-0.15, -0.1) is 10.2 Å². The Hall–Kier alpha value is -4.43. The molecule has 1 heterocycles. The van der Waals surface area contributed by atoms with Gasteiger partial charge in [0.25, 0.3) is 0 Å². The monoisotopic (exact) mass is 524 g/mol. The van der Waals surface area contributed by atoms with Crippen molar-refractivity contribution >= 4 is 23.4 Å². The molecule has 0 spiro atoms. The van der Waals surface area contributed by atoms with Crippen LogP contribution in [-0.2, 0) is 11.4 Å². The maximum atomic E-state index is 14.6. The molecule has 1 N–H and O–H groups in total. The van der Waals surface area contributed by atoms with Crippen LogP contribution < -0.4 is 10.1 Å². The summed E-state index contributed by atoms with van der Waals surface area (Å²) in [5.41, 5.74) is 3.96. The number of nitrogens with zero attached hydrogens (tertiary/aromatic N) is 3. The number of carbonyl (C=O) groups is 1. The highest BCUT2D eigenvalue weighted by Crippen LogP contribution is 2.29. The number of anilines is 1. The molecule has 4 aromatic carbocycles. The summed E-state index contributed by atoms with van der Waals surface area (Å²) >= 11 is 1.23. The number of benzene rings is 4. The van der Waals surface area contributed by atoms with Gasteiger partial charge in [-0.3, -0.25) is 9.36 Å². The third-order valence-corrected chi connectivity index (χ3v) is 6.69. The highest BCUT2D eigenvalue weighted by Gasteiger charge is 2.19. The summed E-state index contributed by atoms with van der Waals surface area (Å²) in [6.07, 6.45) is 0. The van der Waals surface area contributed by atoms with Crippen LogP contribution in [0.15, 0.2) is 108 Å². The molecule has 0 atom stereocenters. The molecular weight excluding hydrogens is 499 g/mol. The average molecular weight is 525 g/mol. The molecule has 0 saturated carbocycles. The van der Waals surface area contributed by atoms with Crippen molar-refractivity contribution in [3.05, 3.63) is 120 Å². The summed E-state index contributed by atoms with van der Waals surface area (Å²) in [6.45, 7) is 2.47. The van der Waals surface area contributed by atoms with Crippen molar-refractivity contribution in [2.24, 2.45) is 0 Å². The van der Waals surface area contributed by atoms with E-state index in [1.54, 1.807) is 34.9 Å². The molecule has 38 heavy (non-hydrogen) atoms. The van der Waals surface area contributed by atoms with Gasteiger partial charge in [0.1, 0.15) is 18.2 Å². The summed E-state index contributed by atoms with van der Waals surface area (Å²) in [5.74, 6) is 0.611. The van der Waals surface area contributed by atoms with Gasteiger partial charge in [-0.25, -0.2) is 4.39 Å². The van der Waals surface area contributed by atoms with Crippen LogP contribution >= 0.6 is 11.8 Å². The fourth-order valence-corrected chi connectivity index (χ4v) is 4.56. The second-order valence-corrected chi connectivity index (χ2v) is 9.53. The number of hydrogen-bond acceptors (Lipinski definition) is 5. The lowest BCUT2D eigenvalue weighted by Gasteiger charge is -2.11. The lowest BCUT2D eigenvalue weighted by molar-refractivity contribution is -0.113. The van der Waals surface area contributed by atoms with Gasteiger partial charge in [0.15, 0.2) is 11.0 Å². The Morgan fingerprint density at radius 1 is 0.895 bits per heavy atom. The molecule has 1 amide bonds. The van der Waals surface area contributed by atoms with Crippen molar-refractivity contribution in [1.82, 2.24) is 14.8 Å². The fourth-order valence-electron chi connectivity index (χ4n) is 3.81. The molecule has 0 radical (unpaired) electrons. The standard InChI is InChI=1S/C30H25FN4O2S/c1-21-11-15-24(16-12-21)35-29(26-9-5-6-10-27(26)31)33-34-30(35)38-20-28(36)32-23-13-17-25(18-14-23)37-19-22-7-3-2-4-8-22/h2-18H,19-20H2,1H3,(H,32,36). The normalized spacial score (nSPS) is 10.8. The van der Waals surface area contributed by atoms with Crippen LogP contribution in [0.1, 0.15) is 11.1 Å². The number of ether oxygens (including phenoxy) is 1. The molecule has 0 bridgehead atoms. The van der Waals surface area contributed by atoms with E-state index in [-0.39, 0.29) is 11.7 Å². The molecule has 0 saturated heterocycles. The zero-order valence-electron chi connectivity index (χ0n) is 20.7. The predicted molar refractivity (Wildman–Crippen MR) is 148 cm³/mol. The third kappa shape index (κ3) is 6.10. The summed E-state index contributed by atoms with van der Waals surface area (Å²) in [7, 11) is 0. The van der Waals surface area contributed by atoms with E-state index in [0.29, 0.717) is 34.6 Å². The van der Waals surface area contributed by atoms with Gasteiger partial charge in [-0.2, -0.15) is 0 Å². The number of aromatic nitrogens is 3. The molecule has 5 rings (SSSR count). The maximum absolute atomic E-state index is 14.6. The molecule has 8 heteroatoms. The quantitative estimate of drug-likeness (QED) is 0.218. The van der Waals surface area contributed by atoms with Crippen LogP contribution in [0.3, 0.4) is 0 Å². The number of rotatable bonds is 9. The number of amides is 1. The smallest absolute Gasteiger partial charge is 0.234 e. The largest absolute Gasteiger partial charge is 0.489 e. The highest BCUT2D eigenvalue weighted by molar-refractivity contribution is 7.99. The Morgan fingerprint density at radius 3 is 2.34 bits per heavy atom. The van der Waals surface area contributed by atoms with Crippen molar-refractivity contribution in [3.63, 3.8) is 0 Å². The second kappa shape index (κ2) is 11.7. The first-order valence-electron chi connectivity index (χ1n) is 12.0. The third-order valence-electron chi connectivity index (χ3n) is 5.76. The summed E-state index contributed by atoms with van der Waals surface area (Å²) in [6, 6.07) is 31.4. The highest BCUT2D eigenvalue weighted by atomic mass is 32.2. The van der Waals surface area contributed by atoms with Gasteiger partial charge in [0.05, 0.1) is 11.3 Å². The first-order chi connectivity index (χ1) is 18.6. The second-order valence-electron chi connectivity index (χ2n) is 8.59. The van der Waals surface area contributed by atoms with Crippen LogP contribution in [0.25, 0.3) is 17.1 Å². The number of halogens is 1. The molecule has 0 fully saturated rings. The Labute approximate surface area is 224 Å². The van der Waals surface area contributed by atoms with Crippen LogP contribution in [0.4, 0.5) is 10.1 Å². The van der Waals surface area contributed by atoms with E-state index in [1.165, 1.54) is 17.8 Å². The molecule has 0 aliphatic rings. The molecule has 0 aliphatic heterocycles. The van der Waals surface area contributed by atoms with E-state index < -0.39 is 5.82 Å². The van der Waals surface area contributed by atoms with Crippen molar-refractivity contribution in [1.29, 1.82) is 0 Å². The van der Waals surface area contributed by atoms with Crippen molar-refractivity contribution in [2.75, 3.05) is 11.1 Å². The predicted octanol–water partition coefficient (Wildman–Crippen LogP) is 6.69. The van der Waals surface area contributed by atoms with E-state index in [9.17, 15) is 9.18 Å². The van der Waals surface area contributed by atoms with E-state index >= 15 is 0 Å². The number of carbonyl (C=O) groups excluding carboxylic acids is 1. The summed E-state index contributed by atoms with van der Waals surface area (Å²) < 4.78 is 22.2. The zero-order chi connectivity index (χ0) is 26.3. The summed E-state index contributed by atoms with van der Waals surface area (Å²) in [5, 5.41) is 11.9. The topological polar surface area (TPSA) is 69.0 Å². The van der Waals surface area contributed by atoms with Gasteiger partial charge in [-0.1, -0.05) is 71.9 Å². The van der Waals surface area contributed by atoms with Gasteiger partial charge >= 0.3 is 0 Å². The number of nitrogens with one attached hydrogen (secondary N) is 1. The van der Waals surface area contributed by atoms with Crippen LogP contribution in [0, 0.1) is 12.7 Å². The Morgan fingerprint density at radius 2 is 1.61 bits per heavy atom. The van der Waals surface area contributed by atoms with E-state index in [0.717, 1.165) is 16.8 Å². The maximum Gasteiger partial charge on any atom is 0.234 e. The first kappa shape index (κ1) is 25.2. The van der Waals surface area contributed by atoms with Gasteiger partial charge in [-0.05, 0) is 61.0 Å². The average Bonchev–Trinajstić information content (AvgIpc) is 3.36. The molecule has 6 nitrogen and oxygen atoms in total. The molecule has 0 aliphatic carbocycles. The minimum atomic E-state index is -0.390. The molecule has 1 aromatic heterocycles. The zero-order valence-corrected chi connectivity index (χ0v) is 21.5. The minimum absolute atomic E-state index is 0.105. The lowest BCUT2D eigenvalue weighted by Crippen LogP contribution is -2.14. The van der Waals surface area contributed by atoms with Crippen LogP contribution in [0.5, 0.6) is 5.75 Å².